The summed E-state index contributed by atoms with van der Waals surface area (Å²) in [7, 11) is 0. The van der Waals surface area contributed by atoms with Crippen molar-refractivity contribution in [2.45, 2.75) is 12.3 Å². The van der Waals surface area contributed by atoms with Crippen molar-refractivity contribution >= 4 is 33.1 Å². The van der Waals surface area contributed by atoms with Crippen LogP contribution < -0.4 is 15.4 Å². The fraction of sp³-hybridized carbons (Fsp3) is 0.0541. The number of dihydropyridines is 1. The summed E-state index contributed by atoms with van der Waals surface area (Å²) in [6.45, 7) is 0. The third-order valence-corrected chi connectivity index (χ3v) is 7.96. The molecule has 4 heteroatoms. The number of ether oxygens (including phenoxy) is 1. The number of pyridine rings is 1. The van der Waals surface area contributed by atoms with Crippen molar-refractivity contribution < 1.29 is 4.74 Å². The largest absolute Gasteiger partial charge is 0.464 e. The molecule has 1 aromatic heterocycles. The summed E-state index contributed by atoms with van der Waals surface area (Å²) in [5.41, 5.74) is 8.62. The topological polar surface area (TPSA) is 46.2 Å². The molecule has 0 aliphatic carbocycles. The Labute approximate surface area is 238 Å². The van der Waals surface area contributed by atoms with Crippen molar-refractivity contribution in [3.8, 4) is 17.0 Å². The number of anilines is 1. The van der Waals surface area contributed by atoms with Crippen LogP contribution in [-0.2, 0) is 0 Å². The molecule has 5 aromatic carbocycles. The Morgan fingerprint density at radius 3 is 2.12 bits per heavy atom. The molecule has 2 N–H and O–H groups in total. The quantitative estimate of drug-likeness (QED) is 0.224. The summed E-state index contributed by atoms with van der Waals surface area (Å²) in [4.78, 5) is 5.16. The third kappa shape index (κ3) is 4.12. The van der Waals surface area contributed by atoms with E-state index in [1.54, 1.807) is 0 Å². The summed E-state index contributed by atoms with van der Waals surface area (Å²) in [5.74, 6) is 0.861. The Balaban J connectivity index is 1.18. The molecule has 41 heavy (non-hydrogen) atoms. The number of rotatable bonds is 4. The van der Waals surface area contributed by atoms with Crippen molar-refractivity contribution in [2.24, 2.45) is 0 Å². The Hall–Kier alpha value is -5.35. The number of allylic oxidation sites excluding steroid dienone is 2. The predicted octanol–water partition coefficient (Wildman–Crippen LogP) is 8.80. The number of benzene rings is 5. The van der Waals surface area contributed by atoms with Crippen molar-refractivity contribution in [1.82, 2.24) is 10.3 Å². The minimum Gasteiger partial charge on any atom is -0.464 e. The molecule has 2 atom stereocenters. The van der Waals surface area contributed by atoms with Crippen LogP contribution in [0.3, 0.4) is 0 Å². The minimum absolute atomic E-state index is 0.151. The van der Waals surface area contributed by atoms with E-state index in [2.05, 4.69) is 126 Å². The molecule has 2 unspecified atom stereocenters. The first-order chi connectivity index (χ1) is 20.3. The van der Waals surface area contributed by atoms with Crippen LogP contribution >= 0.6 is 0 Å². The number of para-hydroxylation sites is 1. The van der Waals surface area contributed by atoms with E-state index in [0.29, 0.717) is 0 Å². The molecule has 0 saturated carbocycles. The van der Waals surface area contributed by atoms with Crippen LogP contribution in [0.1, 0.15) is 29.0 Å². The van der Waals surface area contributed by atoms with Gasteiger partial charge >= 0.3 is 0 Å². The molecule has 3 heterocycles. The van der Waals surface area contributed by atoms with Crippen molar-refractivity contribution in [3.05, 3.63) is 156 Å². The van der Waals surface area contributed by atoms with E-state index >= 15 is 0 Å². The van der Waals surface area contributed by atoms with Crippen molar-refractivity contribution in [3.63, 3.8) is 0 Å². The van der Waals surface area contributed by atoms with Crippen LogP contribution in [0.5, 0.6) is 5.75 Å². The lowest BCUT2D eigenvalue weighted by Gasteiger charge is -2.22. The first-order valence-corrected chi connectivity index (χ1v) is 14.0. The second kappa shape index (κ2) is 9.68. The zero-order valence-corrected chi connectivity index (χ0v) is 22.3. The van der Waals surface area contributed by atoms with Crippen LogP contribution in [0, 0.1) is 0 Å². The van der Waals surface area contributed by atoms with E-state index in [1.165, 1.54) is 5.56 Å². The molecule has 0 bridgehead atoms. The Kier molecular flexibility index (Phi) is 5.56. The maximum atomic E-state index is 6.37. The molecule has 0 fully saturated rings. The average Bonchev–Trinajstić information content (AvgIpc) is 3.50. The molecule has 2 aliphatic rings. The smallest absolute Gasteiger partial charge is 0.196 e. The molecule has 2 aliphatic heterocycles. The molecular formula is C37H27N3O. The van der Waals surface area contributed by atoms with Crippen LogP contribution in [0.2, 0.25) is 0 Å². The summed E-state index contributed by atoms with van der Waals surface area (Å²) >= 11 is 0. The van der Waals surface area contributed by atoms with E-state index in [0.717, 1.165) is 61.2 Å². The first-order valence-electron chi connectivity index (χ1n) is 14.0. The van der Waals surface area contributed by atoms with Gasteiger partial charge in [0, 0.05) is 33.0 Å². The van der Waals surface area contributed by atoms with Gasteiger partial charge in [-0.15, -0.1) is 0 Å². The highest BCUT2D eigenvalue weighted by Gasteiger charge is 2.27. The van der Waals surface area contributed by atoms with Gasteiger partial charge in [-0.05, 0) is 35.4 Å². The monoisotopic (exact) mass is 529 g/mol. The van der Waals surface area contributed by atoms with Gasteiger partial charge in [-0.25, -0.2) is 4.98 Å². The Bertz CT molecular complexity index is 1960. The second-order valence-corrected chi connectivity index (χ2v) is 10.5. The standard InChI is InChI=1S/C37H27N3O/c1-3-10-24(11-4-1)30-16-9-17-31(38-30)25-18-20-26(21-19-25)35-29-22-23-33-36(34(29)28-14-7-8-15-32(28)39-35)40-37(41-33)27-12-5-2-6-13-27/h1-23,30,37-38,40H. The van der Waals surface area contributed by atoms with Crippen molar-refractivity contribution in [2.75, 3.05) is 5.32 Å². The lowest BCUT2D eigenvalue weighted by atomic mass is 9.96. The van der Waals surface area contributed by atoms with Gasteiger partial charge in [0.2, 0.25) is 0 Å². The van der Waals surface area contributed by atoms with E-state index in [-0.39, 0.29) is 12.3 Å². The van der Waals surface area contributed by atoms with Gasteiger partial charge in [-0.3, -0.25) is 0 Å². The van der Waals surface area contributed by atoms with Gasteiger partial charge in [0.1, 0.15) is 5.75 Å². The molecule has 0 saturated heterocycles. The highest BCUT2D eigenvalue weighted by Crippen LogP contribution is 2.47. The van der Waals surface area contributed by atoms with Crippen LogP contribution in [0.4, 0.5) is 5.69 Å². The van der Waals surface area contributed by atoms with E-state index in [1.807, 2.05) is 24.3 Å². The summed E-state index contributed by atoms with van der Waals surface area (Å²) < 4.78 is 6.37. The number of fused-ring (bicyclic) bond motifs is 5. The van der Waals surface area contributed by atoms with E-state index in [9.17, 15) is 0 Å². The van der Waals surface area contributed by atoms with Gasteiger partial charge < -0.3 is 15.4 Å². The first kappa shape index (κ1) is 23.5. The SMILES string of the molecule is C1=CC(c2ccccc2)NC(c2ccc(-c3nc4ccccc4c4c5c(ccc34)OC(c3ccccc3)N5)cc2)=C1. The van der Waals surface area contributed by atoms with E-state index < -0.39 is 0 Å². The van der Waals surface area contributed by atoms with Gasteiger partial charge in [0.05, 0.1) is 22.9 Å². The maximum Gasteiger partial charge on any atom is 0.196 e. The third-order valence-electron chi connectivity index (χ3n) is 7.96. The Morgan fingerprint density at radius 2 is 1.32 bits per heavy atom. The number of aromatic nitrogens is 1. The molecule has 0 radical (unpaired) electrons. The van der Waals surface area contributed by atoms with Gasteiger partial charge in [-0.1, -0.05) is 115 Å². The molecule has 6 aromatic rings. The number of nitrogens with one attached hydrogen (secondary N) is 2. The fourth-order valence-electron chi connectivity index (χ4n) is 5.92. The van der Waals surface area contributed by atoms with Gasteiger partial charge in [-0.2, -0.15) is 0 Å². The van der Waals surface area contributed by atoms with Crippen LogP contribution in [0.25, 0.3) is 38.6 Å². The predicted molar refractivity (Wildman–Crippen MR) is 168 cm³/mol. The lowest BCUT2D eigenvalue weighted by molar-refractivity contribution is 0.260. The van der Waals surface area contributed by atoms with Gasteiger partial charge in [0.15, 0.2) is 6.23 Å². The molecule has 196 valence electrons. The highest BCUT2D eigenvalue weighted by atomic mass is 16.5. The summed E-state index contributed by atoms with van der Waals surface area (Å²) in [5, 5.41) is 10.7. The van der Waals surface area contributed by atoms with Gasteiger partial charge in [0.25, 0.3) is 0 Å². The van der Waals surface area contributed by atoms with Crippen LogP contribution in [0.15, 0.2) is 140 Å². The maximum absolute atomic E-state index is 6.37. The molecule has 0 spiro atoms. The lowest BCUT2D eigenvalue weighted by Crippen LogP contribution is -2.20. The molecule has 4 nitrogen and oxygen atoms in total. The number of hydrogen-bond acceptors (Lipinski definition) is 4. The normalized spacial score (nSPS) is 17.4. The zero-order chi connectivity index (χ0) is 27.2. The molecular weight excluding hydrogens is 502 g/mol. The zero-order valence-electron chi connectivity index (χ0n) is 22.3. The van der Waals surface area contributed by atoms with Crippen molar-refractivity contribution in [1.29, 1.82) is 0 Å². The molecule has 8 rings (SSSR count). The average molecular weight is 530 g/mol. The Morgan fingerprint density at radius 1 is 0.610 bits per heavy atom. The summed E-state index contributed by atoms with van der Waals surface area (Å²) in [6, 6.07) is 42.2. The number of hydrogen-bond donors (Lipinski definition) is 2. The molecule has 0 amide bonds. The van der Waals surface area contributed by atoms with Crippen LogP contribution in [-0.4, -0.2) is 4.98 Å². The number of nitrogens with zero attached hydrogens (tertiary/aromatic N) is 1. The minimum atomic E-state index is -0.225. The second-order valence-electron chi connectivity index (χ2n) is 10.5. The fourth-order valence-corrected chi connectivity index (χ4v) is 5.92. The summed E-state index contributed by atoms with van der Waals surface area (Å²) in [6.07, 6.45) is 6.23. The van der Waals surface area contributed by atoms with E-state index in [4.69, 9.17) is 9.72 Å². The highest BCUT2D eigenvalue weighted by molar-refractivity contribution is 6.17.